The standard InChI is InChI=1S/C6H8N2O2.H4O7P2/c7-3-1-5(9)4(8)2-6(3)10;1-8(2,3)7-9(4,5)6/h1-2,9-10H,7-8H2;(H2,1,2,3)(H2,4,5,6). The van der Waals surface area contributed by atoms with E-state index in [1.807, 2.05) is 0 Å². The Labute approximate surface area is 106 Å². The number of aromatic hydroxyl groups is 2. The number of benzene rings is 1. The summed E-state index contributed by atoms with van der Waals surface area (Å²) in [4.78, 5) is 31.0. The van der Waals surface area contributed by atoms with Gasteiger partial charge in [0.15, 0.2) is 0 Å². The van der Waals surface area contributed by atoms with Gasteiger partial charge in [0.05, 0.1) is 11.4 Å². The highest BCUT2D eigenvalue weighted by Gasteiger charge is 2.27. The zero-order valence-corrected chi connectivity index (χ0v) is 10.9. The predicted molar refractivity (Wildman–Crippen MR) is 63.8 cm³/mol. The number of hydrogen-bond acceptors (Lipinski definition) is 7. The monoisotopic (exact) mass is 318 g/mol. The number of anilines is 2. The van der Waals surface area contributed by atoms with Crippen LogP contribution >= 0.6 is 15.6 Å². The lowest BCUT2D eigenvalue weighted by Crippen LogP contribution is -1.89. The largest absolute Gasteiger partial charge is 0.506 e. The van der Waals surface area contributed by atoms with E-state index in [-0.39, 0.29) is 22.9 Å². The molecule has 1 rings (SSSR count). The number of nitrogen functional groups attached to an aromatic ring is 2. The molecule has 0 aliphatic carbocycles. The van der Waals surface area contributed by atoms with Gasteiger partial charge in [0.25, 0.3) is 0 Å². The van der Waals surface area contributed by atoms with E-state index in [1.165, 1.54) is 12.1 Å². The van der Waals surface area contributed by atoms with Crippen molar-refractivity contribution in [2.45, 2.75) is 0 Å². The molecular weight excluding hydrogens is 306 g/mol. The Balaban J connectivity index is 0.000000344. The van der Waals surface area contributed by atoms with Crippen LogP contribution in [-0.4, -0.2) is 29.8 Å². The van der Waals surface area contributed by atoms with Gasteiger partial charge in [0.1, 0.15) is 11.5 Å². The molecule has 0 spiro atoms. The highest BCUT2D eigenvalue weighted by atomic mass is 31.3. The van der Waals surface area contributed by atoms with E-state index >= 15 is 0 Å². The first-order valence-electron chi connectivity index (χ1n) is 4.21. The minimum Gasteiger partial charge on any atom is -0.506 e. The van der Waals surface area contributed by atoms with Crippen LogP contribution < -0.4 is 11.5 Å². The van der Waals surface area contributed by atoms with Crippen molar-refractivity contribution < 1.29 is 43.2 Å². The number of phenols is 2. The molecule has 0 amide bonds. The van der Waals surface area contributed by atoms with Crippen molar-refractivity contribution in [1.29, 1.82) is 0 Å². The van der Waals surface area contributed by atoms with Gasteiger partial charge in [0.2, 0.25) is 0 Å². The minimum absolute atomic E-state index is 0.115. The first-order chi connectivity index (χ1) is 8.32. The van der Waals surface area contributed by atoms with Gasteiger partial charge in [-0.2, -0.15) is 4.31 Å². The predicted octanol–water partition coefficient (Wildman–Crippen LogP) is -0.549. The maximum atomic E-state index is 9.63. The van der Waals surface area contributed by atoms with Gasteiger partial charge in [-0.1, -0.05) is 0 Å². The van der Waals surface area contributed by atoms with Crippen LogP contribution in [0.25, 0.3) is 0 Å². The Hall–Kier alpha value is -1.32. The summed E-state index contributed by atoms with van der Waals surface area (Å²) in [5.74, 6) is -0.231. The molecule has 0 radical (unpaired) electrons. The first kappa shape index (κ1) is 17.7. The second kappa shape index (κ2) is 6.22. The van der Waals surface area contributed by atoms with Crippen LogP contribution in [0, 0.1) is 0 Å². The van der Waals surface area contributed by atoms with E-state index in [2.05, 4.69) is 4.31 Å². The van der Waals surface area contributed by atoms with Crippen molar-refractivity contribution in [3.05, 3.63) is 12.1 Å². The summed E-state index contributed by atoms with van der Waals surface area (Å²) in [5, 5.41) is 17.8. The van der Waals surface area contributed by atoms with Crippen molar-refractivity contribution >= 4 is 27.0 Å². The van der Waals surface area contributed by atoms with Crippen molar-refractivity contribution in [2.75, 3.05) is 11.5 Å². The molecule has 10 N–H and O–H groups in total. The molecule has 0 unspecified atom stereocenters. The maximum absolute atomic E-state index is 9.63. The molecule has 0 aliphatic heterocycles. The van der Waals surface area contributed by atoms with Crippen LogP contribution in [0.15, 0.2) is 12.1 Å². The molecule has 110 valence electrons. The van der Waals surface area contributed by atoms with Crippen LogP contribution in [0.4, 0.5) is 11.4 Å². The lowest BCUT2D eigenvalue weighted by atomic mass is 10.2. The lowest BCUT2D eigenvalue weighted by Gasteiger charge is -2.03. The van der Waals surface area contributed by atoms with Crippen molar-refractivity contribution in [3.63, 3.8) is 0 Å². The zero-order chi connectivity index (χ0) is 15.4. The van der Waals surface area contributed by atoms with Crippen LogP contribution in [-0.2, 0) is 13.4 Å². The van der Waals surface area contributed by atoms with Crippen LogP contribution in [0.3, 0.4) is 0 Å². The maximum Gasteiger partial charge on any atom is 0.478 e. The van der Waals surface area contributed by atoms with Crippen molar-refractivity contribution in [3.8, 4) is 11.5 Å². The minimum atomic E-state index is -5.05. The molecule has 0 saturated carbocycles. The molecule has 13 heteroatoms. The molecule has 0 saturated heterocycles. The Morgan fingerprint density at radius 1 is 0.842 bits per heavy atom. The van der Waals surface area contributed by atoms with Crippen LogP contribution in [0.2, 0.25) is 0 Å². The van der Waals surface area contributed by atoms with E-state index < -0.39 is 15.6 Å². The summed E-state index contributed by atoms with van der Waals surface area (Å²) in [6.45, 7) is 0. The topological polar surface area (TPSA) is 217 Å². The molecular formula is C6H12N2O9P2. The second-order valence-corrected chi connectivity index (χ2v) is 5.65. The van der Waals surface area contributed by atoms with Crippen molar-refractivity contribution in [1.82, 2.24) is 0 Å². The Morgan fingerprint density at radius 3 is 1.26 bits per heavy atom. The fourth-order valence-corrected chi connectivity index (χ4v) is 1.86. The van der Waals surface area contributed by atoms with Gasteiger partial charge < -0.3 is 41.3 Å². The Morgan fingerprint density at radius 2 is 1.11 bits per heavy atom. The van der Waals surface area contributed by atoms with E-state index in [4.69, 9.17) is 41.3 Å². The summed E-state index contributed by atoms with van der Waals surface area (Å²) >= 11 is 0. The van der Waals surface area contributed by atoms with Gasteiger partial charge in [-0.15, -0.1) is 0 Å². The van der Waals surface area contributed by atoms with Crippen molar-refractivity contribution in [2.24, 2.45) is 0 Å². The fourth-order valence-electron chi connectivity index (χ4n) is 0.748. The molecule has 1 aromatic rings. The third kappa shape index (κ3) is 8.41. The fraction of sp³-hybridized carbons (Fsp3) is 0. The van der Waals surface area contributed by atoms with E-state index in [0.29, 0.717) is 0 Å². The molecule has 0 aromatic heterocycles. The molecule has 19 heavy (non-hydrogen) atoms. The Kier molecular flexibility index (Phi) is 5.79. The number of hydrogen-bond donors (Lipinski definition) is 8. The lowest BCUT2D eigenvalue weighted by molar-refractivity contribution is 0.225. The number of phenolic OH excluding ortho intramolecular Hbond substituents is 2. The average Bonchev–Trinajstić information content (AvgIpc) is 2.09. The highest BCUT2D eigenvalue weighted by Crippen LogP contribution is 2.53. The summed E-state index contributed by atoms with van der Waals surface area (Å²) in [7, 11) is -10.1. The molecule has 0 fully saturated rings. The van der Waals surface area contributed by atoms with E-state index in [1.54, 1.807) is 0 Å². The summed E-state index contributed by atoms with van der Waals surface area (Å²) in [6.07, 6.45) is 0. The SMILES string of the molecule is Nc1cc(O)c(N)cc1O.O=P(O)(O)OP(=O)(O)O. The summed E-state index contributed by atoms with van der Waals surface area (Å²) < 4.78 is 22.2. The average molecular weight is 318 g/mol. The third-order valence-corrected chi connectivity index (χ3v) is 3.09. The summed E-state index contributed by atoms with van der Waals surface area (Å²) in [5.41, 5.74) is 10.7. The quantitative estimate of drug-likeness (QED) is 0.150. The van der Waals surface area contributed by atoms with Crippen LogP contribution in [0.1, 0.15) is 0 Å². The second-order valence-electron chi connectivity index (χ2n) is 3.03. The molecule has 0 bridgehead atoms. The van der Waals surface area contributed by atoms with Gasteiger partial charge in [-0.25, -0.2) is 9.13 Å². The van der Waals surface area contributed by atoms with Gasteiger partial charge >= 0.3 is 15.6 Å². The number of phosphoric acid groups is 2. The zero-order valence-electron chi connectivity index (χ0n) is 9.11. The molecule has 1 aromatic carbocycles. The molecule has 0 atom stereocenters. The smallest absolute Gasteiger partial charge is 0.478 e. The van der Waals surface area contributed by atoms with E-state index in [0.717, 1.165) is 0 Å². The van der Waals surface area contributed by atoms with E-state index in [9.17, 15) is 9.13 Å². The summed E-state index contributed by atoms with van der Waals surface area (Å²) in [6, 6.07) is 2.40. The molecule has 11 nitrogen and oxygen atoms in total. The van der Waals surface area contributed by atoms with Crippen LogP contribution in [0.5, 0.6) is 11.5 Å². The Bertz CT molecular complexity index is 466. The molecule has 0 heterocycles. The van der Waals surface area contributed by atoms with Gasteiger partial charge in [-0.05, 0) is 0 Å². The van der Waals surface area contributed by atoms with Gasteiger partial charge in [0, 0.05) is 12.1 Å². The first-order valence-corrected chi connectivity index (χ1v) is 7.27. The highest BCUT2D eigenvalue weighted by molar-refractivity contribution is 7.60. The molecule has 0 aliphatic rings. The third-order valence-electron chi connectivity index (χ3n) is 1.39. The number of nitrogens with two attached hydrogens (primary N) is 2. The van der Waals surface area contributed by atoms with Gasteiger partial charge in [-0.3, -0.25) is 0 Å². The number of rotatable bonds is 2. The normalized spacial score (nSPS) is 11.6.